The summed E-state index contributed by atoms with van der Waals surface area (Å²) in [5, 5.41) is 7.23. The fraction of sp³-hybridized carbons (Fsp3) is 0.381. The molecule has 8 nitrogen and oxygen atoms in total. The summed E-state index contributed by atoms with van der Waals surface area (Å²) in [5.74, 6) is 1.86. The van der Waals surface area contributed by atoms with E-state index in [1.54, 1.807) is 26.7 Å². The van der Waals surface area contributed by atoms with E-state index in [0.717, 1.165) is 31.4 Å². The highest BCUT2D eigenvalue weighted by Gasteiger charge is 2.53. The van der Waals surface area contributed by atoms with Gasteiger partial charge in [0.05, 0.1) is 31.7 Å². The minimum atomic E-state index is -0.576. The molecule has 0 saturated heterocycles. The van der Waals surface area contributed by atoms with Crippen molar-refractivity contribution in [1.82, 2.24) is 20.0 Å². The minimum Gasteiger partial charge on any atom is -0.493 e. The van der Waals surface area contributed by atoms with Crippen molar-refractivity contribution < 1.29 is 18.8 Å². The van der Waals surface area contributed by atoms with Gasteiger partial charge in [0, 0.05) is 37.1 Å². The molecule has 1 aliphatic rings. The Labute approximate surface area is 168 Å². The Kier molecular flexibility index (Phi) is 5.24. The van der Waals surface area contributed by atoms with Gasteiger partial charge in [0.1, 0.15) is 0 Å². The predicted molar refractivity (Wildman–Crippen MR) is 106 cm³/mol. The molecule has 8 heteroatoms. The number of ether oxygens (including phenoxy) is 2. The minimum absolute atomic E-state index is 0.00953. The SMILES string of the molecule is COc1ccc(-c2cc(C3(C(=O)NCCCn4ccnc4)CC3)no2)cc1OC. The van der Waals surface area contributed by atoms with Gasteiger partial charge in [-0.2, -0.15) is 0 Å². The molecule has 0 atom stereocenters. The van der Waals surface area contributed by atoms with E-state index in [1.165, 1.54) is 0 Å². The second-order valence-corrected chi connectivity index (χ2v) is 7.14. The van der Waals surface area contributed by atoms with Gasteiger partial charge in [-0.1, -0.05) is 5.16 Å². The van der Waals surface area contributed by atoms with E-state index in [0.29, 0.717) is 29.5 Å². The highest BCUT2D eigenvalue weighted by Crippen LogP contribution is 2.48. The van der Waals surface area contributed by atoms with Crippen molar-refractivity contribution in [2.24, 2.45) is 0 Å². The number of rotatable bonds is 9. The van der Waals surface area contributed by atoms with Crippen molar-refractivity contribution in [3.63, 3.8) is 0 Å². The molecule has 1 saturated carbocycles. The van der Waals surface area contributed by atoms with Crippen LogP contribution in [0.1, 0.15) is 25.0 Å². The van der Waals surface area contributed by atoms with E-state index in [1.807, 2.05) is 35.0 Å². The molecule has 0 bridgehead atoms. The van der Waals surface area contributed by atoms with Crippen molar-refractivity contribution in [3.8, 4) is 22.8 Å². The van der Waals surface area contributed by atoms with Crippen LogP contribution >= 0.6 is 0 Å². The van der Waals surface area contributed by atoms with Crippen molar-refractivity contribution in [2.45, 2.75) is 31.2 Å². The number of benzene rings is 1. The summed E-state index contributed by atoms with van der Waals surface area (Å²) in [6.07, 6.45) is 7.83. The largest absolute Gasteiger partial charge is 0.493 e. The molecular weight excluding hydrogens is 372 g/mol. The molecule has 3 aromatic rings. The third-order valence-corrected chi connectivity index (χ3v) is 5.29. The standard InChI is InChI=1S/C21H24N4O4/c1-27-16-5-4-15(12-18(16)28-2)17-13-19(24-29-17)21(6-7-21)20(26)23-8-3-10-25-11-9-22-14-25/h4-5,9,11-14H,3,6-8,10H2,1-2H3,(H,23,26). The number of hydrogen-bond acceptors (Lipinski definition) is 6. The molecule has 1 aliphatic carbocycles. The van der Waals surface area contributed by atoms with Gasteiger partial charge in [0.15, 0.2) is 17.3 Å². The summed E-state index contributed by atoms with van der Waals surface area (Å²) in [7, 11) is 3.18. The Bertz CT molecular complexity index is 976. The molecule has 152 valence electrons. The van der Waals surface area contributed by atoms with Crippen molar-refractivity contribution in [2.75, 3.05) is 20.8 Å². The van der Waals surface area contributed by atoms with Gasteiger partial charge in [0.2, 0.25) is 5.91 Å². The molecule has 0 unspecified atom stereocenters. The fourth-order valence-corrected chi connectivity index (χ4v) is 3.40. The highest BCUT2D eigenvalue weighted by atomic mass is 16.5. The second kappa shape index (κ2) is 7.98. The van der Waals surface area contributed by atoms with Crippen LogP contribution in [0.15, 0.2) is 47.5 Å². The number of hydrogen-bond donors (Lipinski definition) is 1. The Balaban J connectivity index is 1.41. The molecule has 1 aromatic carbocycles. The lowest BCUT2D eigenvalue weighted by atomic mass is 10.00. The number of aromatic nitrogens is 3. The first-order chi connectivity index (χ1) is 14.2. The normalized spacial score (nSPS) is 14.4. The van der Waals surface area contributed by atoms with Crippen LogP contribution in [-0.4, -0.2) is 41.4 Å². The van der Waals surface area contributed by atoms with Gasteiger partial charge < -0.3 is 23.9 Å². The number of carbonyl (C=O) groups excluding carboxylic acids is 1. The zero-order valence-electron chi connectivity index (χ0n) is 16.6. The van der Waals surface area contributed by atoms with Crippen LogP contribution in [0.5, 0.6) is 11.5 Å². The maximum absolute atomic E-state index is 12.8. The molecule has 1 amide bonds. The first-order valence-electron chi connectivity index (χ1n) is 9.60. The Hall–Kier alpha value is -3.29. The number of nitrogens with one attached hydrogen (secondary N) is 1. The lowest BCUT2D eigenvalue weighted by molar-refractivity contribution is -0.123. The average molecular weight is 396 g/mol. The van der Waals surface area contributed by atoms with Crippen molar-refractivity contribution in [1.29, 1.82) is 0 Å². The van der Waals surface area contributed by atoms with Gasteiger partial charge in [0.25, 0.3) is 0 Å². The molecule has 2 aromatic heterocycles. The van der Waals surface area contributed by atoms with Crippen LogP contribution in [0.2, 0.25) is 0 Å². The van der Waals surface area contributed by atoms with Gasteiger partial charge in [-0.3, -0.25) is 4.79 Å². The maximum Gasteiger partial charge on any atom is 0.232 e. The van der Waals surface area contributed by atoms with Gasteiger partial charge >= 0.3 is 0 Å². The third-order valence-electron chi connectivity index (χ3n) is 5.29. The zero-order valence-corrected chi connectivity index (χ0v) is 16.6. The zero-order chi connectivity index (χ0) is 20.3. The van der Waals surface area contributed by atoms with E-state index >= 15 is 0 Å². The topological polar surface area (TPSA) is 91.4 Å². The van der Waals surface area contributed by atoms with Crippen LogP contribution < -0.4 is 14.8 Å². The summed E-state index contributed by atoms with van der Waals surface area (Å²) in [6.45, 7) is 1.43. The van der Waals surface area contributed by atoms with Crippen LogP contribution in [0.25, 0.3) is 11.3 Å². The number of imidazole rings is 1. The number of aryl methyl sites for hydroxylation is 1. The third kappa shape index (κ3) is 3.83. The number of carbonyl (C=O) groups is 1. The van der Waals surface area contributed by atoms with E-state index in [9.17, 15) is 4.79 Å². The lowest BCUT2D eigenvalue weighted by Crippen LogP contribution is -2.35. The second-order valence-electron chi connectivity index (χ2n) is 7.14. The molecular formula is C21H24N4O4. The molecule has 0 radical (unpaired) electrons. The number of nitrogens with zero attached hydrogens (tertiary/aromatic N) is 3. The maximum atomic E-state index is 12.8. The monoisotopic (exact) mass is 396 g/mol. The number of amides is 1. The first kappa shape index (κ1) is 19.0. The fourth-order valence-electron chi connectivity index (χ4n) is 3.40. The average Bonchev–Trinajstić information content (AvgIpc) is 3.16. The Morgan fingerprint density at radius 1 is 1.24 bits per heavy atom. The highest BCUT2D eigenvalue weighted by molar-refractivity contribution is 5.91. The molecule has 1 N–H and O–H groups in total. The molecule has 29 heavy (non-hydrogen) atoms. The van der Waals surface area contributed by atoms with Crippen molar-refractivity contribution in [3.05, 3.63) is 48.7 Å². The van der Waals surface area contributed by atoms with Crippen LogP contribution in [0.4, 0.5) is 0 Å². The van der Waals surface area contributed by atoms with Gasteiger partial charge in [-0.25, -0.2) is 4.98 Å². The predicted octanol–water partition coefficient (Wildman–Crippen LogP) is 2.79. The summed E-state index contributed by atoms with van der Waals surface area (Å²) in [5.41, 5.74) is 0.917. The Morgan fingerprint density at radius 2 is 2.07 bits per heavy atom. The Morgan fingerprint density at radius 3 is 2.76 bits per heavy atom. The first-order valence-corrected chi connectivity index (χ1v) is 9.60. The molecule has 4 rings (SSSR count). The summed E-state index contributed by atoms with van der Waals surface area (Å²) < 4.78 is 18.1. The summed E-state index contributed by atoms with van der Waals surface area (Å²) >= 11 is 0. The van der Waals surface area contributed by atoms with Gasteiger partial charge in [-0.05, 0) is 37.5 Å². The van der Waals surface area contributed by atoms with Crippen molar-refractivity contribution >= 4 is 5.91 Å². The van der Waals surface area contributed by atoms with E-state index in [4.69, 9.17) is 14.0 Å². The van der Waals surface area contributed by atoms with Crippen LogP contribution in [0, 0.1) is 0 Å². The van der Waals surface area contributed by atoms with Crippen LogP contribution in [0.3, 0.4) is 0 Å². The molecule has 2 heterocycles. The number of methoxy groups -OCH3 is 2. The summed E-state index contributed by atoms with van der Waals surface area (Å²) in [4.78, 5) is 16.8. The quantitative estimate of drug-likeness (QED) is 0.559. The van der Waals surface area contributed by atoms with Gasteiger partial charge in [-0.15, -0.1) is 0 Å². The van der Waals surface area contributed by atoms with E-state index in [-0.39, 0.29) is 5.91 Å². The smallest absolute Gasteiger partial charge is 0.232 e. The molecule has 1 fully saturated rings. The van der Waals surface area contributed by atoms with E-state index < -0.39 is 5.41 Å². The van der Waals surface area contributed by atoms with E-state index in [2.05, 4.69) is 15.5 Å². The molecule has 0 aliphatic heterocycles. The summed E-state index contributed by atoms with van der Waals surface area (Å²) in [6, 6.07) is 7.37. The lowest BCUT2D eigenvalue weighted by Gasteiger charge is -2.12. The van der Waals surface area contributed by atoms with Crippen LogP contribution in [-0.2, 0) is 16.8 Å². The molecule has 0 spiro atoms.